The van der Waals surface area contributed by atoms with Gasteiger partial charge in [0.05, 0.1) is 22.1 Å². The van der Waals surface area contributed by atoms with Crippen LogP contribution in [-0.4, -0.2) is 19.1 Å². The number of para-hydroxylation sites is 2. The molecule has 0 aliphatic heterocycles. The van der Waals surface area contributed by atoms with Crippen LogP contribution in [0.2, 0.25) is 0 Å². The van der Waals surface area contributed by atoms with Gasteiger partial charge in [0.25, 0.3) is 0 Å². The first kappa shape index (κ1) is 28.1. The fraction of sp³-hybridized carbons (Fsp3) is 0.0213. The Bertz CT molecular complexity index is 2970. The minimum Gasteiger partial charge on any atom is -0.309 e. The molecule has 11 rings (SSSR count). The van der Waals surface area contributed by atoms with Crippen LogP contribution in [0.3, 0.4) is 0 Å². The van der Waals surface area contributed by atoms with E-state index >= 15 is 0 Å². The number of aromatic nitrogens is 4. The lowest BCUT2D eigenvalue weighted by molar-refractivity contribution is 0.988. The molecule has 7 aromatic carbocycles. The molecule has 10 aromatic rings. The second-order valence-electron chi connectivity index (χ2n) is 13.4. The Morgan fingerprint density at radius 3 is 1.69 bits per heavy atom. The van der Waals surface area contributed by atoms with Gasteiger partial charge in [0, 0.05) is 45.5 Å². The van der Waals surface area contributed by atoms with E-state index in [9.17, 15) is 0 Å². The summed E-state index contributed by atoms with van der Waals surface area (Å²) in [5, 5.41) is 4.86. The van der Waals surface area contributed by atoms with E-state index in [1.54, 1.807) is 12.4 Å². The second kappa shape index (κ2) is 10.9. The summed E-state index contributed by atoms with van der Waals surface area (Å²) < 4.78 is 4.59. The molecular formula is C47H30N4. The van der Waals surface area contributed by atoms with Gasteiger partial charge in [-0.15, -0.1) is 0 Å². The Balaban J connectivity index is 1.08. The SMILES string of the molecule is c1ccc(C2c3ccccc3-c3cc(-n4c5ccccc5c5cc(-c6ccc7c(c6)c6ccccc6n7-c6ncccn6)ccc54)ccc32)cc1. The molecule has 3 heterocycles. The maximum absolute atomic E-state index is 4.59. The number of nitrogens with zero attached hydrogens (tertiary/aromatic N) is 4. The van der Waals surface area contributed by atoms with Crippen LogP contribution >= 0.6 is 0 Å². The minimum absolute atomic E-state index is 0.235. The molecule has 0 radical (unpaired) electrons. The first-order valence-corrected chi connectivity index (χ1v) is 17.4. The van der Waals surface area contributed by atoms with Crippen LogP contribution in [0, 0.1) is 0 Å². The summed E-state index contributed by atoms with van der Waals surface area (Å²) in [4.78, 5) is 9.18. The van der Waals surface area contributed by atoms with Gasteiger partial charge in [0.1, 0.15) is 0 Å². The number of hydrogen-bond donors (Lipinski definition) is 0. The van der Waals surface area contributed by atoms with Gasteiger partial charge >= 0.3 is 0 Å². The fourth-order valence-corrected chi connectivity index (χ4v) is 8.54. The summed E-state index contributed by atoms with van der Waals surface area (Å²) in [6.07, 6.45) is 3.60. The molecule has 0 saturated heterocycles. The summed E-state index contributed by atoms with van der Waals surface area (Å²) in [7, 11) is 0. The standard InChI is InChI=1S/C47H30N4/c1-2-11-30(12-3-1)46-37-16-5-4-13-34(37)39-29-33(21-22-38(39)46)50-42-17-8-6-14-35(42)40-27-31(19-23-44(40)50)32-20-24-45-41(28-32)36-15-7-9-18-43(36)51(45)47-48-25-10-26-49-47/h1-29,46H. The number of hydrogen-bond acceptors (Lipinski definition) is 2. The Morgan fingerprint density at radius 2 is 0.961 bits per heavy atom. The molecule has 238 valence electrons. The molecular weight excluding hydrogens is 621 g/mol. The first-order chi connectivity index (χ1) is 25.3. The lowest BCUT2D eigenvalue weighted by Gasteiger charge is -2.15. The molecule has 1 aliphatic carbocycles. The van der Waals surface area contributed by atoms with Crippen molar-refractivity contribution in [3.05, 3.63) is 193 Å². The van der Waals surface area contributed by atoms with Gasteiger partial charge in [-0.1, -0.05) is 109 Å². The maximum atomic E-state index is 4.59. The van der Waals surface area contributed by atoms with Crippen molar-refractivity contribution in [3.63, 3.8) is 0 Å². The highest BCUT2D eigenvalue weighted by atomic mass is 15.1. The maximum Gasteiger partial charge on any atom is 0.234 e. The zero-order valence-corrected chi connectivity index (χ0v) is 27.6. The average molecular weight is 651 g/mol. The summed E-state index contributed by atoms with van der Waals surface area (Å²) in [5.74, 6) is 0.912. The highest BCUT2D eigenvalue weighted by Gasteiger charge is 2.30. The van der Waals surface area contributed by atoms with Crippen molar-refractivity contribution in [3.8, 4) is 33.9 Å². The molecule has 0 N–H and O–H groups in total. The van der Waals surface area contributed by atoms with E-state index in [2.05, 4.69) is 177 Å². The molecule has 4 nitrogen and oxygen atoms in total. The van der Waals surface area contributed by atoms with E-state index in [0.717, 1.165) is 11.0 Å². The summed E-state index contributed by atoms with van der Waals surface area (Å²) in [6, 6.07) is 59.7. The molecule has 51 heavy (non-hydrogen) atoms. The number of benzene rings is 7. The van der Waals surface area contributed by atoms with Gasteiger partial charge in [-0.2, -0.15) is 0 Å². The molecule has 1 aliphatic rings. The zero-order valence-electron chi connectivity index (χ0n) is 27.6. The highest BCUT2D eigenvalue weighted by molar-refractivity contribution is 6.12. The molecule has 4 heteroatoms. The van der Waals surface area contributed by atoms with Crippen LogP contribution in [0.15, 0.2) is 176 Å². The second-order valence-corrected chi connectivity index (χ2v) is 13.4. The van der Waals surface area contributed by atoms with E-state index < -0.39 is 0 Å². The number of fused-ring (bicyclic) bond motifs is 9. The van der Waals surface area contributed by atoms with Crippen molar-refractivity contribution >= 4 is 43.6 Å². The topological polar surface area (TPSA) is 35.6 Å². The van der Waals surface area contributed by atoms with E-state index in [0.29, 0.717) is 5.95 Å². The van der Waals surface area contributed by atoms with Crippen molar-refractivity contribution in [2.24, 2.45) is 0 Å². The van der Waals surface area contributed by atoms with Crippen molar-refractivity contribution < 1.29 is 0 Å². The first-order valence-electron chi connectivity index (χ1n) is 17.4. The van der Waals surface area contributed by atoms with Gasteiger partial charge in [-0.25, -0.2) is 9.97 Å². The van der Waals surface area contributed by atoms with Crippen LogP contribution in [0.25, 0.3) is 77.5 Å². The highest BCUT2D eigenvalue weighted by Crippen LogP contribution is 2.49. The minimum atomic E-state index is 0.235. The Morgan fingerprint density at radius 1 is 0.392 bits per heavy atom. The Kier molecular flexibility index (Phi) is 5.98. The lowest BCUT2D eigenvalue weighted by atomic mass is 9.89. The van der Waals surface area contributed by atoms with E-state index in [4.69, 9.17) is 0 Å². The van der Waals surface area contributed by atoms with Crippen LogP contribution < -0.4 is 0 Å². The lowest BCUT2D eigenvalue weighted by Crippen LogP contribution is -1.99. The Hall–Kier alpha value is -6.78. The van der Waals surface area contributed by atoms with Gasteiger partial charge in [0.2, 0.25) is 5.95 Å². The quantitative estimate of drug-likeness (QED) is 0.190. The van der Waals surface area contributed by atoms with E-state index in [-0.39, 0.29) is 5.92 Å². The van der Waals surface area contributed by atoms with Gasteiger partial charge < -0.3 is 4.57 Å². The fourth-order valence-electron chi connectivity index (χ4n) is 8.54. The molecule has 0 fully saturated rings. The van der Waals surface area contributed by atoms with Crippen LogP contribution in [-0.2, 0) is 0 Å². The molecule has 0 amide bonds. The van der Waals surface area contributed by atoms with Crippen LogP contribution in [0.5, 0.6) is 0 Å². The van der Waals surface area contributed by atoms with Crippen molar-refractivity contribution in [2.75, 3.05) is 0 Å². The van der Waals surface area contributed by atoms with Crippen molar-refractivity contribution in [1.29, 1.82) is 0 Å². The van der Waals surface area contributed by atoms with Gasteiger partial charge in [-0.05, 0) is 93.5 Å². The van der Waals surface area contributed by atoms with E-state index in [1.165, 1.54) is 77.2 Å². The number of rotatable bonds is 4. The van der Waals surface area contributed by atoms with Crippen LogP contribution in [0.1, 0.15) is 22.6 Å². The average Bonchev–Trinajstić information content (AvgIpc) is 3.83. The van der Waals surface area contributed by atoms with Crippen LogP contribution in [0.4, 0.5) is 0 Å². The smallest absolute Gasteiger partial charge is 0.234 e. The molecule has 0 saturated carbocycles. The van der Waals surface area contributed by atoms with Crippen molar-refractivity contribution in [1.82, 2.24) is 19.1 Å². The van der Waals surface area contributed by atoms with Crippen molar-refractivity contribution in [2.45, 2.75) is 5.92 Å². The monoisotopic (exact) mass is 650 g/mol. The third kappa shape index (κ3) is 4.14. The zero-order chi connectivity index (χ0) is 33.5. The normalized spacial score (nSPS) is 13.7. The molecule has 0 spiro atoms. The van der Waals surface area contributed by atoms with E-state index in [1.807, 2.05) is 6.07 Å². The summed E-state index contributed by atoms with van der Waals surface area (Å²) in [5.41, 5.74) is 14.8. The summed E-state index contributed by atoms with van der Waals surface area (Å²) in [6.45, 7) is 0. The summed E-state index contributed by atoms with van der Waals surface area (Å²) >= 11 is 0. The molecule has 3 aromatic heterocycles. The molecule has 0 bridgehead atoms. The Labute approximate surface area is 294 Å². The third-order valence-electron chi connectivity index (χ3n) is 10.7. The third-order valence-corrected chi connectivity index (χ3v) is 10.7. The molecule has 1 unspecified atom stereocenters. The predicted molar refractivity (Wildman–Crippen MR) is 209 cm³/mol. The van der Waals surface area contributed by atoms with Gasteiger partial charge in [0.15, 0.2) is 0 Å². The largest absolute Gasteiger partial charge is 0.309 e. The predicted octanol–water partition coefficient (Wildman–Crippen LogP) is 11.5. The molecule has 1 atom stereocenters. The van der Waals surface area contributed by atoms with Gasteiger partial charge in [-0.3, -0.25) is 4.57 Å².